The summed E-state index contributed by atoms with van der Waals surface area (Å²) in [6.07, 6.45) is 4.19. The van der Waals surface area contributed by atoms with E-state index in [1.54, 1.807) is 0 Å². The summed E-state index contributed by atoms with van der Waals surface area (Å²) in [5, 5.41) is 9.37. The predicted octanol–water partition coefficient (Wildman–Crippen LogP) is 4.72. The molecule has 0 radical (unpaired) electrons. The van der Waals surface area contributed by atoms with E-state index in [9.17, 15) is 22.0 Å². The first-order chi connectivity index (χ1) is 18.4. The van der Waals surface area contributed by atoms with Crippen molar-refractivity contribution in [1.29, 1.82) is 0 Å². The number of anilines is 2. The molecule has 16 heteroatoms. The molecule has 1 heterocycles. The maximum Gasteiger partial charge on any atom is 0.328 e. The highest BCUT2D eigenvalue weighted by Crippen LogP contribution is 2.45. The van der Waals surface area contributed by atoms with Gasteiger partial charge < -0.3 is 24.8 Å². The normalized spacial score (nSPS) is 19.9. The van der Waals surface area contributed by atoms with Crippen LogP contribution < -0.4 is 15.4 Å². The lowest BCUT2D eigenvalue weighted by Gasteiger charge is -2.23. The molecule has 2 N–H and O–H groups in total. The molecule has 11 nitrogen and oxygen atoms in total. The van der Waals surface area contributed by atoms with E-state index in [0.717, 1.165) is 25.7 Å². The van der Waals surface area contributed by atoms with Crippen molar-refractivity contribution in [3.63, 3.8) is 0 Å². The zero-order valence-electron chi connectivity index (χ0n) is 20.1. The first-order valence-corrected chi connectivity index (χ1v) is 12.0. The van der Waals surface area contributed by atoms with Crippen molar-refractivity contribution < 1.29 is 36.2 Å². The van der Waals surface area contributed by atoms with Gasteiger partial charge in [-0.25, -0.2) is 13.2 Å². The number of hydrogen-bond donors (Lipinski definition) is 2. The molecule has 0 amide bonds. The summed E-state index contributed by atoms with van der Waals surface area (Å²) in [5.41, 5.74) is 8.19. The molecule has 2 saturated carbocycles. The number of ether oxygens (including phenoxy) is 3. The minimum atomic E-state index is -2.30. The van der Waals surface area contributed by atoms with E-state index in [2.05, 4.69) is 35.6 Å². The molecular formula is C22H25F5N8O3. The minimum absolute atomic E-state index is 0.0354. The summed E-state index contributed by atoms with van der Waals surface area (Å²) < 4.78 is 84.5. The van der Waals surface area contributed by atoms with E-state index < -0.39 is 40.8 Å². The molecule has 206 valence electrons. The van der Waals surface area contributed by atoms with Gasteiger partial charge in [-0.15, -0.1) is 0 Å². The van der Waals surface area contributed by atoms with Gasteiger partial charge in [0.25, 0.3) is 0 Å². The lowest BCUT2D eigenvalue weighted by molar-refractivity contribution is 0.0547. The molecule has 2 bridgehead atoms. The van der Waals surface area contributed by atoms with Crippen molar-refractivity contribution in [2.45, 2.75) is 31.7 Å². The summed E-state index contributed by atoms with van der Waals surface area (Å²) in [5.74, 6) is -11.4. The van der Waals surface area contributed by atoms with E-state index in [-0.39, 0.29) is 57.5 Å². The largest absolute Gasteiger partial charge is 0.418 e. The third-order valence-corrected chi connectivity index (χ3v) is 6.33. The summed E-state index contributed by atoms with van der Waals surface area (Å²) in [7, 11) is 0. The zero-order valence-corrected chi connectivity index (χ0v) is 20.1. The molecule has 0 saturated heterocycles. The van der Waals surface area contributed by atoms with Crippen molar-refractivity contribution in [3.8, 4) is 11.8 Å². The van der Waals surface area contributed by atoms with Crippen molar-refractivity contribution >= 4 is 11.9 Å². The fourth-order valence-corrected chi connectivity index (χ4v) is 4.61. The molecule has 0 spiro atoms. The lowest BCUT2D eigenvalue weighted by atomic mass is 9.95. The minimum Gasteiger partial charge on any atom is -0.418 e. The molecule has 2 fully saturated rings. The van der Waals surface area contributed by atoms with E-state index in [4.69, 9.17) is 19.7 Å². The SMILES string of the molecule is [N-]=[N+]=NCCOCCOCCNc1nc(NC2CC3CCC2C3)nc(Oc2c(F)c(F)c(F)c(F)c2F)n1. The van der Waals surface area contributed by atoms with Crippen LogP contribution in [0.15, 0.2) is 5.11 Å². The van der Waals surface area contributed by atoms with Crippen molar-refractivity contribution in [3.05, 3.63) is 39.5 Å². The summed E-state index contributed by atoms with van der Waals surface area (Å²) >= 11 is 0. The second kappa shape index (κ2) is 12.8. The Labute approximate surface area is 213 Å². The number of rotatable bonds is 14. The highest BCUT2D eigenvalue weighted by Gasteiger charge is 2.40. The van der Waals surface area contributed by atoms with E-state index in [0.29, 0.717) is 11.8 Å². The van der Waals surface area contributed by atoms with Crippen LogP contribution in [0.5, 0.6) is 11.8 Å². The van der Waals surface area contributed by atoms with Crippen molar-refractivity contribution in [1.82, 2.24) is 15.0 Å². The zero-order chi connectivity index (χ0) is 27.1. The summed E-state index contributed by atoms with van der Waals surface area (Å²) in [6.45, 7) is 1.43. The average molecular weight is 544 g/mol. The molecule has 1 aromatic heterocycles. The number of halogens is 5. The van der Waals surface area contributed by atoms with Crippen LogP contribution in [-0.2, 0) is 9.47 Å². The summed E-state index contributed by atoms with van der Waals surface area (Å²) in [6, 6.07) is -0.584. The van der Waals surface area contributed by atoms with Gasteiger partial charge in [-0.1, -0.05) is 11.5 Å². The molecule has 2 aromatic rings. The van der Waals surface area contributed by atoms with Crippen LogP contribution in [0, 0.1) is 40.9 Å². The molecule has 3 unspecified atom stereocenters. The molecule has 1 aromatic carbocycles. The van der Waals surface area contributed by atoms with Crippen molar-refractivity contribution in [2.24, 2.45) is 17.0 Å². The number of nitrogens with zero attached hydrogens (tertiary/aromatic N) is 6. The van der Waals surface area contributed by atoms with Gasteiger partial charge in [0, 0.05) is 24.0 Å². The molecule has 38 heavy (non-hydrogen) atoms. The molecule has 4 rings (SSSR count). The fourth-order valence-electron chi connectivity index (χ4n) is 4.61. The van der Waals surface area contributed by atoms with Gasteiger partial charge in [0.2, 0.25) is 46.7 Å². The molecule has 2 aliphatic rings. The first-order valence-electron chi connectivity index (χ1n) is 12.0. The third kappa shape index (κ3) is 6.68. The van der Waals surface area contributed by atoms with Gasteiger partial charge in [-0.05, 0) is 36.6 Å². The molecule has 0 aliphatic heterocycles. The second-order valence-electron chi connectivity index (χ2n) is 8.80. The highest BCUT2D eigenvalue weighted by molar-refractivity contribution is 5.39. The molecule has 2 aliphatic carbocycles. The number of aromatic nitrogens is 3. The van der Waals surface area contributed by atoms with Gasteiger partial charge >= 0.3 is 6.01 Å². The van der Waals surface area contributed by atoms with Crippen LogP contribution in [0.2, 0.25) is 0 Å². The number of benzene rings is 1. The Bertz CT molecular complexity index is 1160. The monoisotopic (exact) mass is 544 g/mol. The Morgan fingerprint density at radius 3 is 2.18 bits per heavy atom. The fraction of sp³-hybridized carbons (Fsp3) is 0.591. The smallest absolute Gasteiger partial charge is 0.328 e. The van der Waals surface area contributed by atoms with Gasteiger partial charge in [-0.3, -0.25) is 0 Å². The van der Waals surface area contributed by atoms with Gasteiger partial charge in [0.1, 0.15) is 0 Å². The number of azide groups is 1. The topological polar surface area (TPSA) is 139 Å². The van der Waals surface area contributed by atoms with Gasteiger partial charge in [0.05, 0.1) is 26.4 Å². The van der Waals surface area contributed by atoms with E-state index in [1.807, 2.05) is 0 Å². The Morgan fingerprint density at radius 1 is 0.842 bits per heavy atom. The maximum absolute atomic E-state index is 14.2. The second-order valence-corrected chi connectivity index (χ2v) is 8.80. The predicted molar refractivity (Wildman–Crippen MR) is 123 cm³/mol. The Balaban J connectivity index is 1.41. The van der Waals surface area contributed by atoms with Crippen molar-refractivity contribution in [2.75, 3.05) is 50.2 Å². The van der Waals surface area contributed by atoms with E-state index >= 15 is 0 Å². The quantitative estimate of drug-likeness (QED) is 0.0663. The molecular weight excluding hydrogens is 519 g/mol. The number of nitrogens with one attached hydrogen (secondary N) is 2. The number of fused-ring (bicyclic) bond motifs is 2. The van der Waals surface area contributed by atoms with Gasteiger partial charge in [0.15, 0.2) is 0 Å². The number of hydrogen-bond acceptors (Lipinski definition) is 9. The highest BCUT2D eigenvalue weighted by atomic mass is 19.2. The Kier molecular flexibility index (Phi) is 9.31. The maximum atomic E-state index is 14.2. The Morgan fingerprint density at radius 2 is 1.53 bits per heavy atom. The van der Waals surface area contributed by atoms with Crippen LogP contribution in [0.4, 0.5) is 33.8 Å². The van der Waals surface area contributed by atoms with Crippen LogP contribution in [-0.4, -0.2) is 60.5 Å². The first kappa shape index (κ1) is 27.5. The van der Waals surface area contributed by atoms with Gasteiger partial charge in [-0.2, -0.15) is 23.7 Å². The lowest BCUT2D eigenvalue weighted by Crippen LogP contribution is -2.27. The third-order valence-electron chi connectivity index (χ3n) is 6.33. The van der Waals surface area contributed by atoms with Crippen LogP contribution in [0.25, 0.3) is 10.4 Å². The summed E-state index contributed by atoms with van der Waals surface area (Å²) in [4.78, 5) is 14.8. The average Bonchev–Trinajstić information content (AvgIpc) is 3.53. The Hall–Kier alpha value is -3.49. The van der Waals surface area contributed by atoms with E-state index in [1.165, 1.54) is 0 Å². The van der Waals surface area contributed by atoms with Crippen LogP contribution in [0.3, 0.4) is 0 Å². The van der Waals surface area contributed by atoms with Crippen LogP contribution >= 0.6 is 0 Å². The molecule has 3 atom stereocenters. The standard InChI is InChI=1S/C22H25F5N8O3/c23-14-15(24)17(26)19(18(27)16(14)25)38-22-33-20(29-3-5-36-7-8-37-6-4-30-35-28)32-21(34-22)31-13-10-11-1-2-12(13)9-11/h11-13H,1-10H2,(H2,29,31,32,33,34). The van der Waals surface area contributed by atoms with Crippen LogP contribution in [0.1, 0.15) is 25.7 Å².